The van der Waals surface area contributed by atoms with E-state index in [-0.39, 0.29) is 53.8 Å². The Morgan fingerprint density at radius 2 is 1.75 bits per heavy atom. The van der Waals surface area contributed by atoms with E-state index in [1.54, 1.807) is 6.08 Å². The summed E-state index contributed by atoms with van der Waals surface area (Å²) in [6.45, 7) is 2.44. The van der Waals surface area contributed by atoms with Crippen molar-refractivity contribution in [3.8, 4) is 0 Å². The van der Waals surface area contributed by atoms with Gasteiger partial charge in [0.05, 0.1) is 25.6 Å². The molecule has 29 heteroatoms. The lowest BCUT2D eigenvalue weighted by molar-refractivity contribution is -0.137. The number of imidazole rings is 1. The number of aromatic nitrogens is 4. The number of carbonyl (C=O) groups is 3. The van der Waals surface area contributed by atoms with E-state index >= 15 is 0 Å². The summed E-state index contributed by atoms with van der Waals surface area (Å²) in [5.41, 5.74) is 4.24. The molecule has 0 saturated carbocycles. The summed E-state index contributed by atoms with van der Waals surface area (Å²) in [7, 11) is -16.4. The van der Waals surface area contributed by atoms with Crippen LogP contribution in [0.25, 0.3) is 11.2 Å². The normalized spacial score (nSPS) is 21.7. The molecule has 1 aliphatic heterocycles. The first kappa shape index (κ1) is 51.6. The predicted octanol–water partition coefficient (Wildman–Crippen LogP) is 0.552. The number of ether oxygens (including phenoxy) is 1. The zero-order valence-corrected chi connectivity index (χ0v) is 36.3. The Hall–Kier alpha value is -2.74. The molecule has 3 heterocycles. The summed E-state index contributed by atoms with van der Waals surface area (Å²) in [5.74, 6) is -1.27. The van der Waals surface area contributed by atoms with E-state index in [0.717, 1.165) is 54.7 Å². The fraction of sp³-hybridized carbons (Fsp3) is 0.677. The molecule has 0 spiro atoms. The number of nitrogen functional groups attached to an aromatic ring is 1. The number of allylic oxidation sites excluding steroid dienone is 1. The third-order valence-electron chi connectivity index (χ3n) is 8.47. The molecule has 0 bridgehead atoms. The van der Waals surface area contributed by atoms with Crippen molar-refractivity contribution in [2.75, 3.05) is 37.8 Å². The SMILES string of the molecule is CCCCC/C=C/C(O)CC(=O)SCCNC(=O)CCNC(=O)C(O)C(C)(C)COP(=O)(O)OP(=O)(O)OCC1OC(n2cnc3c(N)ncnc32)C(O)C1OP(=O)(O)O. The number of phosphoric acid groups is 3. The van der Waals surface area contributed by atoms with E-state index in [0.29, 0.717) is 0 Å². The molecule has 0 radical (unpaired) electrons. The van der Waals surface area contributed by atoms with Gasteiger partial charge in [-0.3, -0.25) is 32.5 Å². The van der Waals surface area contributed by atoms with Crippen molar-refractivity contribution in [1.29, 1.82) is 0 Å². The quantitative estimate of drug-likeness (QED) is 0.0350. The molecule has 25 nitrogen and oxygen atoms in total. The van der Waals surface area contributed by atoms with Crippen LogP contribution in [0, 0.1) is 5.41 Å². The van der Waals surface area contributed by atoms with Gasteiger partial charge in [0.25, 0.3) is 0 Å². The van der Waals surface area contributed by atoms with Gasteiger partial charge in [-0.1, -0.05) is 57.5 Å². The first-order valence-electron chi connectivity index (χ1n) is 18.3. The smallest absolute Gasteiger partial charge is 0.389 e. The number of phosphoric ester groups is 3. The number of aliphatic hydroxyl groups is 3. The lowest BCUT2D eigenvalue weighted by Gasteiger charge is -2.30. The van der Waals surface area contributed by atoms with E-state index in [4.69, 9.17) is 19.5 Å². The number of hydrogen-bond donors (Lipinski definition) is 10. The molecule has 1 fully saturated rings. The molecule has 2 amide bonds. The molecular formula is C31H52N7O18P3S. The third kappa shape index (κ3) is 16.9. The molecule has 2 aromatic rings. The number of thioether (sulfide) groups is 1. The van der Waals surface area contributed by atoms with Crippen LogP contribution >= 0.6 is 35.2 Å². The van der Waals surface area contributed by atoms with Crippen molar-refractivity contribution in [2.45, 2.75) is 96.0 Å². The van der Waals surface area contributed by atoms with Crippen LogP contribution in [0.2, 0.25) is 0 Å². The summed E-state index contributed by atoms with van der Waals surface area (Å²) in [5, 5.41) is 36.1. The zero-order chi connectivity index (χ0) is 44.9. The van der Waals surface area contributed by atoms with Gasteiger partial charge in [-0.2, -0.15) is 4.31 Å². The van der Waals surface area contributed by atoms with E-state index in [2.05, 4.69) is 41.3 Å². The second-order valence-electron chi connectivity index (χ2n) is 14.0. The van der Waals surface area contributed by atoms with Crippen molar-refractivity contribution in [3.05, 3.63) is 24.8 Å². The van der Waals surface area contributed by atoms with Crippen molar-refractivity contribution < 1.29 is 85.6 Å². The van der Waals surface area contributed by atoms with Crippen LogP contribution in [0.15, 0.2) is 24.8 Å². The predicted molar refractivity (Wildman–Crippen MR) is 211 cm³/mol. The number of amides is 2. The zero-order valence-electron chi connectivity index (χ0n) is 32.8. The lowest BCUT2D eigenvalue weighted by Crippen LogP contribution is -2.46. The van der Waals surface area contributed by atoms with Gasteiger partial charge in [-0.25, -0.2) is 28.6 Å². The Kier molecular flexibility index (Phi) is 19.9. The number of nitrogens with one attached hydrogen (secondary N) is 2. The number of aliphatic hydroxyl groups excluding tert-OH is 3. The average molecular weight is 936 g/mol. The number of carbonyl (C=O) groups excluding carboxylic acids is 3. The maximum absolute atomic E-state index is 12.7. The number of anilines is 1. The molecular weight excluding hydrogens is 883 g/mol. The maximum Gasteiger partial charge on any atom is 0.481 e. The standard InChI is InChI=1S/C31H52N7O18P3S/c1-4-5-6-7-8-9-19(39)14-22(41)60-13-12-33-21(40)10-11-34-29(44)26(43)31(2,3)16-53-59(50,51)56-58(48,49)52-15-20-25(55-57(45,46)47)24(42)30(54-20)38-18-37-23-27(32)35-17-36-28(23)38/h8-9,17-20,24-26,30,39,42-43H,4-7,10-16H2,1-3H3,(H,33,40)(H,34,44)(H,48,49)(H,50,51)(H2,32,35,36)(H2,45,46,47)/b9-8+. The van der Waals surface area contributed by atoms with Crippen LogP contribution in [0.1, 0.15) is 65.5 Å². The maximum atomic E-state index is 12.7. The van der Waals surface area contributed by atoms with Crippen molar-refractivity contribution in [1.82, 2.24) is 30.2 Å². The summed E-state index contributed by atoms with van der Waals surface area (Å²) in [6.07, 6.45) is -0.525. The molecule has 1 saturated heterocycles. The van der Waals surface area contributed by atoms with E-state index in [1.807, 2.05) is 6.08 Å². The topological polar surface area (TPSA) is 384 Å². The minimum Gasteiger partial charge on any atom is -0.389 e. The minimum atomic E-state index is -5.58. The first-order valence-corrected chi connectivity index (χ1v) is 23.8. The molecule has 1 aliphatic rings. The molecule has 11 N–H and O–H groups in total. The highest BCUT2D eigenvalue weighted by atomic mass is 32.2. The van der Waals surface area contributed by atoms with Crippen LogP contribution in [0.5, 0.6) is 0 Å². The van der Waals surface area contributed by atoms with E-state index < -0.39 is 90.7 Å². The van der Waals surface area contributed by atoms with Gasteiger partial charge >= 0.3 is 23.5 Å². The molecule has 2 aromatic heterocycles. The summed E-state index contributed by atoms with van der Waals surface area (Å²) in [6, 6.07) is 0. The Bertz CT molecular complexity index is 1940. The van der Waals surface area contributed by atoms with Crippen LogP contribution in [0.3, 0.4) is 0 Å². The number of unbranched alkanes of at least 4 members (excludes halogenated alkanes) is 3. The molecule has 60 heavy (non-hydrogen) atoms. The van der Waals surface area contributed by atoms with Crippen molar-refractivity contribution >= 4 is 69.1 Å². The Balaban J connectivity index is 1.43. The fourth-order valence-corrected chi connectivity index (χ4v) is 8.91. The second kappa shape index (κ2) is 23.1. The van der Waals surface area contributed by atoms with Crippen LogP contribution in [0.4, 0.5) is 5.82 Å². The van der Waals surface area contributed by atoms with Gasteiger partial charge in [0, 0.05) is 37.1 Å². The monoisotopic (exact) mass is 935 g/mol. The highest BCUT2D eigenvalue weighted by Crippen LogP contribution is 2.61. The molecule has 8 unspecified atom stereocenters. The van der Waals surface area contributed by atoms with Gasteiger partial charge in [0.2, 0.25) is 11.8 Å². The van der Waals surface area contributed by atoms with Gasteiger partial charge in [0.1, 0.15) is 36.3 Å². The molecule has 3 rings (SSSR count). The Morgan fingerprint density at radius 1 is 1.05 bits per heavy atom. The van der Waals surface area contributed by atoms with Crippen LogP contribution in [-0.4, -0.2) is 134 Å². The number of rotatable bonds is 26. The summed E-state index contributed by atoms with van der Waals surface area (Å²) < 4.78 is 62.2. The number of nitrogens with two attached hydrogens (primary N) is 1. The first-order chi connectivity index (χ1) is 27.9. The summed E-state index contributed by atoms with van der Waals surface area (Å²) >= 11 is 0.952. The van der Waals surface area contributed by atoms with Crippen LogP contribution < -0.4 is 16.4 Å². The second-order valence-corrected chi connectivity index (χ2v) is 19.4. The largest absolute Gasteiger partial charge is 0.481 e. The van der Waals surface area contributed by atoms with Gasteiger partial charge in [-0.15, -0.1) is 0 Å². The minimum absolute atomic E-state index is 0.0259. The summed E-state index contributed by atoms with van der Waals surface area (Å²) in [4.78, 5) is 87.8. The van der Waals surface area contributed by atoms with Crippen molar-refractivity contribution in [3.63, 3.8) is 0 Å². The Morgan fingerprint density at radius 3 is 2.43 bits per heavy atom. The lowest BCUT2D eigenvalue weighted by atomic mass is 9.87. The van der Waals surface area contributed by atoms with Gasteiger partial charge < -0.3 is 56.0 Å². The Labute approximate surface area is 348 Å². The van der Waals surface area contributed by atoms with Crippen molar-refractivity contribution in [2.24, 2.45) is 5.41 Å². The van der Waals surface area contributed by atoms with Crippen LogP contribution in [-0.2, 0) is 50.7 Å². The molecule has 340 valence electrons. The number of nitrogens with zero attached hydrogens (tertiary/aromatic N) is 4. The average Bonchev–Trinajstić information content (AvgIpc) is 3.71. The van der Waals surface area contributed by atoms with Gasteiger partial charge in [0.15, 0.2) is 22.8 Å². The van der Waals surface area contributed by atoms with Gasteiger partial charge in [-0.05, 0) is 12.8 Å². The van der Waals surface area contributed by atoms with E-state index in [9.17, 15) is 63.0 Å². The number of fused-ring (bicyclic) bond motifs is 1. The fourth-order valence-electron chi connectivity index (χ4n) is 5.36. The third-order valence-corrected chi connectivity index (χ3v) is 12.5. The highest BCUT2D eigenvalue weighted by molar-refractivity contribution is 8.13. The number of hydrogen-bond acceptors (Lipinski definition) is 19. The molecule has 8 atom stereocenters. The van der Waals surface area contributed by atoms with E-state index in [1.165, 1.54) is 13.8 Å². The molecule has 0 aromatic carbocycles. The molecule has 0 aliphatic carbocycles. The highest BCUT2D eigenvalue weighted by Gasteiger charge is 2.50.